The number of imidazole rings is 1. The number of rotatable bonds is 6. The summed E-state index contributed by atoms with van der Waals surface area (Å²) in [6.45, 7) is 13.4. The molecule has 1 fully saturated rings. The van der Waals surface area contributed by atoms with Crippen molar-refractivity contribution in [2.75, 3.05) is 26.2 Å². The van der Waals surface area contributed by atoms with Crippen LogP contribution >= 0.6 is 0 Å². The van der Waals surface area contributed by atoms with E-state index in [1.807, 2.05) is 54.3 Å². The third kappa shape index (κ3) is 4.30. The topological polar surface area (TPSA) is 77.7 Å². The summed E-state index contributed by atoms with van der Waals surface area (Å²) in [5.74, 6) is 0.465. The molecule has 5 aromatic rings. The highest BCUT2D eigenvalue weighted by Gasteiger charge is 2.23. The first kappa shape index (κ1) is 23.1. The van der Waals surface area contributed by atoms with Crippen molar-refractivity contribution in [1.82, 2.24) is 34.0 Å². The lowest BCUT2D eigenvalue weighted by molar-refractivity contribution is 0.129. The first-order chi connectivity index (χ1) is 18.1. The summed E-state index contributed by atoms with van der Waals surface area (Å²) in [6.07, 6.45) is 9.67. The van der Waals surface area contributed by atoms with Crippen molar-refractivity contribution in [3.63, 3.8) is 0 Å². The second-order valence-corrected chi connectivity index (χ2v) is 9.52. The van der Waals surface area contributed by atoms with Crippen LogP contribution in [-0.4, -0.2) is 60.3 Å². The minimum Gasteiger partial charge on any atom is -0.464 e. The molecule has 6 rings (SSSR count). The van der Waals surface area contributed by atoms with Gasteiger partial charge in [0, 0.05) is 49.1 Å². The predicted molar refractivity (Wildman–Crippen MR) is 143 cm³/mol. The average molecular weight is 493 g/mol. The number of ether oxygens (including phenoxy) is 1. The second-order valence-electron chi connectivity index (χ2n) is 9.52. The van der Waals surface area contributed by atoms with E-state index < -0.39 is 0 Å². The molecular formula is C28H28N8O. The van der Waals surface area contributed by atoms with Gasteiger partial charge in [0.05, 0.1) is 30.6 Å². The maximum absolute atomic E-state index is 7.33. The molecular weight excluding hydrogens is 464 g/mol. The molecule has 1 aliphatic rings. The quantitative estimate of drug-likeness (QED) is 0.310. The molecule has 1 atom stereocenters. The van der Waals surface area contributed by atoms with Gasteiger partial charge in [0.2, 0.25) is 0 Å². The molecule has 0 radical (unpaired) electrons. The van der Waals surface area contributed by atoms with E-state index >= 15 is 0 Å². The number of hydrogen-bond acceptors (Lipinski definition) is 6. The Kier molecular flexibility index (Phi) is 6.02. The zero-order valence-corrected chi connectivity index (χ0v) is 21.0. The Morgan fingerprint density at radius 3 is 2.78 bits per heavy atom. The van der Waals surface area contributed by atoms with Gasteiger partial charge in [-0.1, -0.05) is 31.2 Å². The van der Waals surface area contributed by atoms with Crippen LogP contribution in [-0.2, 0) is 7.05 Å². The van der Waals surface area contributed by atoms with Crippen molar-refractivity contribution in [1.29, 1.82) is 0 Å². The van der Waals surface area contributed by atoms with Crippen LogP contribution in [0.4, 0.5) is 5.69 Å². The van der Waals surface area contributed by atoms with Gasteiger partial charge in [0.15, 0.2) is 17.0 Å². The molecule has 4 aromatic heterocycles. The zero-order valence-electron chi connectivity index (χ0n) is 21.0. The number of fused-ring (bicyclic) bond motifs is 2. The van der Waals surface area contributed by atoms with Crippen LogP contribution in [0.1, 0.15) is 19.8 Å². The zero-order chi connectivity index (χ0) is 25.4. The maximum atomic E-state index is 7.33. The molecule has 0 amide bonds. The first-order valence-corrected chi connectivity index (χ1v) is 12.6. The van der Waals surface area contributed by atoms with Gasteiger partial charge in [-0.2, -0.15) is 10.1 Å². The molecule has 1 aliphatic heterocycles. The molecule has 9 nitrogen and oxygen atoms in total. The number of nitrogens with zero attached hydrogens (tertiary/aromatic N) is 8. The van der Waals surface area contributed by atoms with Crippen molar-refractivity contribution in [2.24, 2.45) is 13.0 Å². The highest BCUT2D eigenvalue weighted by atomic mass is 16.5. The minimum absolute atomic E-state index is 0.465. The van der Waals surface area contributed by atoms with E-state index in [9.17, 15) is 0 Å². The summed E-state index contributed by atoms with van der Waals surface area (Å²) in [5, 5.41) is 5.28. The lowest BCUT2D eigenvalue weighted by Gasteiger charge is -2.31. The maximum Gasteiger partial charge on any atom is 0.302 e. The summed E-state index contributed by atoms with van der Waals surface area (Å²) in [7, 11) is 1.88. The van der Waals surface area contributed by atoms with Gasteiger partial charge in [-0.05, 0) is 37.6 Å². The Balaban J connectivity index is 1.47. The second kappa shape index (κ2) is 9.64. The summed E-state index contributed by atoms with van der Waals surface area (Å²) in [5.41, 5.74) is 5.53. The number of likely N-dealkylation sites (tertiary alicyclic amines) is 1. The standard InChI is InChI=1S/C28H28N8O/c1-4-35-12-5-6-19(17-35)18-37-28-33-25(20-7-9-23(29-2)10-8-20)24(27-30-11-13-36(27)28)21-14-22-16-32-34(3)26(22)31-15-21/h7-11,13-16,19H,4-6,12,17-18H2,1,3H3/t19-/m1/s1. The highest BCUT2D eigenvalue weighted by molar-refractivity contribution is 5.93. The number of aromatic nitrogens is 6. The van der Waals surface area contributed by atoms with Gasteiger partial charge in [0.25, 0.3) is 0 Å². The molecule has 5 heterocycles. The average Bonchev–Trinajstić information content (AvgIpc) is 3.58. The van der Waals surface area contributed by atoms with Crippen LogP contribution in [0.3, 0.4) is 0 Å². The fourth-order valence-corrected chi connectivity index (χ4v) is 5.17. The summed E-state index contributed by atoms with van der Waals surface area (Å²) >= 11 is 0. The van der Waals surface area contributed by atoms with Gasteiger partial charge in [-0.15, -0.1) is 0 Å². The highest BCUT2D eigenvalue weighted by Crippen LogP contribution is 2.37. The van der Waals surface area contributed by atoms with Crippen LogP contribution in [0.2, 0.25) is 0 Å². The molecule has 1 aromatic carbocycles. The molecule has 0 bridgehead atoms. The van der Waals surface area contributed by atoms with Crippen molar-refractivity contribution in [2.45, 2.75) is 19.8 Å². The Bertz CT molecular complexity index is 1610. The Labute approximate surface area is 215 Å². The molecule has 0 N–H and O–H groups in total. The molecule has 0 saturated carbocycles. The Morgan fingerprint density at radius 2 is 1.97 bits per heavy atom. The van der Waals surface area contributed by atoms with Crippen molar-refractivity contribution in [3.05, 3.63) is 66.5 Å². The molecule has 37 heavy (non-hydrogen) atoms. The number of pyridine rings is 1. The molecule has 9 heteroatoms. The van der Waals surface area contributed by atoms with Crippen LogP contribution in [0, 0.1) is 12.5 Å². The summed E-state index contributed by atoms with van der Waals surface area (Å²) in [6, 6.07) is 10.1. The lowest BCUT2D eigenvalue weighted by Crippen LogP contribution is -2.37. The van der Waals surface area contributed by atoms with Gasteiger partial charge >= 0.3 is 6.01 Å². The van der Waals surface area contributed by atoms with Crippen LogP contribution < -0.4 is 4.74 Å². The van der Waals surface area contributed by atoms with E-state index in [1.54, 1.807) is 10.9 Å². The predicted octanol–water partition coefficient (Wildman–Crippen LogP) is 5.01. The van der Waals surface area contributed by atoms with Crippen LogP contribution in [0.5, 0.6) is 6.01 Å². The van der Waals surface area contributed by atoms with Crippen LogP contribution in [0.25, 0.3) is 43.9 Å². The Morgan fingerprint density at radius 1 is 1.11 bits per heavy atom. The van der Waals surface area contributed by atoms with Crippen molar-refractivity contribution < 1.29 is 4.74 Å². The monoisotopic (exact) mass is 492 g/mol. The number of hydrogen-bond donors (Lipinski definition) is 0. The molecule has 0 spiro atoms. The van der Waals surface area contributed by atoms with E-state index in [0.717, 1.165) is 65.1 Å². The SMILES string of the molecule is [C-]#[N+]c1ccc(-c2nc(OC[C@@H]3CCCN(CC)C3)n3ccnc3c2-c2cnc3c(cnn3C)c2)cc1. The van der Waals surface area contributed by atoms with E-state index in [4.69, 9.17) is 21.3 Å². The molecule has 1 saturated heterocycles. The lowest BCUT2D eigenvalue weighted by atomic mass is 9.99. The van der Waals surface area contributed by atoms with E-state index in [1.165, 1.54) is 6.42 Å². The third-order valence-electron chi connectivity index (χ3n) is 7.14. The molecule has 0 unspecified atom stereocenters. The van der Waals surface area contributed by atoms with Gasteiger partial charge in [-0.3, -0.25) is 9.08 Å². The summed E-state index contributed by atoms with van der Waals surface area (Å²) < 4.78 is 10.1. The fraction of sp³-hybridized carbons (Fsp3) is 0.321. The molecule has 186 valence electrons. The number of benzene rings is 1. The number of aryl methyl sites for hydroxylation is 1. The van der Waals surface area contributed by atoms with Gasteiger partial charge in [0.1, 0.15) is 0 Å². The smallest absolute Gasteiger partial charge is 0.302 e. The van der Waals surface area contributed by atoms with E-state index in [0.29, 0.717) is 24.2 Å². The normalized spacial score (nSPS) is 16.3. The summed E-state index contributed by atoms with van der Waals surface area (Å²) in [4.78, 5) is 20.4. The molecule has 0 aliphatic carbocycles. The van der Waals surface area contributed by atoms with Crippen LogP contribution in [0.15, 0.2) is 55.1 Å². The third-order valence-corrected chi connectivity index (χ3v) is 7.14. The first-order valence-electron chi connectivity index (χ1n) is 12.6. The minimum atomic E-state index is 0.465. The largest absolute Gasteiger partial charge is 0.464 e. The fourth-order valence-electron chi connectivity index (χ4n) is 5.17. The Hall–Kier alpha value is -4.29. The van der Waals surface area contributed by atoms with E-state index in [-0.39, 0.29) is 0 Å². The van der Waals surface area contributed by atoms with Gasteiger partial charge < -0.3 is 9.64 Å². The van der Waals surface area contributed by atoms with Crippen molar-refractivity contribution in [3.8, 4) is 28.4 Å². The van der Waals surface area contributed by atoms with Gasteiger partial charge in [-0.25, -0.2) is 14.8 Å². The van der Waals surface area contributed by atoms with E-state index in [2.05, 4.69) is 32.8 Å². The van der Waals surface area contributed by atoms with Crippen molar-refractivity contribution >= 4 is 22.4 Å². The number of piperidine rings is 1.